The summed E-state index contributed by atoms with van der Waals surface area (Å²) in [5.74, 6) is 0.133. The molecule has 3 rings (SSSR count). The standard InChI is InChI=1S/C20H18N2O3/c1-13(15-10-11-18(23)19(12-15)25-2)21-22-20(24)17-9-5-7-14-6-3-4-8-16(14)17/h3-12,23H,1-2H3,(H,22,24). The van der Waals surface area contributed by atoms with Gasteiger partial charge in [0.1, 0.15) is 0 Å². The molecule has 2 N–H and O–H groups in total. The molecular weight excluding hydrogens is 316 g/mol. The summed E-state index contributed by atoms with van der Waals surface area (Å²) < 4.78 is 5.09. The number of phenolic OH excluding ortho intramolecular Hbond substituents is 1. The molecule has 0 heterocycles. The van der Waals surface area contributed by atoms with Crippen molar-refractivity contribution in [1.29, 1.82) is 0 Å². The first-order valence-electron chi connectivity index (χ1n) is 7.80. The van der Waals surface area contributed by atoms with Gasteiger partial charge < -0.3 is 9.84 Å². The average molecular weight is 334 g/mol. The van der Waals surface area contributed by atoms with Gasteiger partial charge in [0.2, 0.25) is 0 Å². The number of carbonyl (C=O) groups is 1. The van der Waals surface area contributed by atoms with Crippen LogP contribution in [0.3, 0.4) is 0 Å². The van der Waals surface area contributed by atoms with Crippen molar-refractivity contribution in [2.75, 3.05) is 7.11 Å². The van der Waals surface area contributed by atoms with E-state index in [0.29, 0.717) is 17.0 Å². The van der Waals surface area contributed by atoms with E-state index in [4.69, 9.17) is 4.74 Å². The van der Waals surface area contributed by atoms with E-state index in [9.17, 15) is 9.90 Å². The lowest BCUT2D eigenvalue weighted by Crippen LogP contribution is -2.19. The molecule has 0 aliphatic carbocycles. The molecular formula is C20H18N2O3. The van der Waals surface area contributed by atoms with Gasteiger partial charge in [-0.05, 0) is 42.0 Å². The summed E-state index contributed by atoms with van der Waals surface area (Å²) >= 11 is 0. The third kappa shape index (κ3) is 3.45. The topological polar surface area (TPSA) is 70.9 Å². The number of ether oxygens (including phenoxy) is 1. The maximum atomic E-state index is 12.5. The fourth-order valence-electron chi connectivity index (χ4n) is 2.59. The minimum atomic E-state index is -0.276. The van der Waals surface area contributed by atoms with Crippen LogP contribution in [0.4, 0.5) is 0 Å². The Balaban J connectivity index is 1.84. The summed E-state index contributed by atoms with van der Waals surface area (Å²) in [6.45, 7) is 1.77. The molecule has 0 saturated carbocycles. The van der Waals surface area contributed by atoms with E-state index >= 15 is 0 Å². The molecule has 0 atom stereocenters. The number of amides is 1. The molecule has 5 nitrogen and oxygen atoms in total. The Hall–Kier alpha value is -3.34. The second-order valence-corrected chi connectivity index (χ2v) is 5.55. The van der Waals surface area contributed by atoms with E-state index < -0.39 is 0 Å². The third-order valence-corrected chi connectivity index (χ3v) is 3.96. The molecule has 0 fully saturated rings. The van der Waals surface area contributed by atoms with Gasteiger partial charge in [-0.1, -0.05) is 36.4 Å². The Bertz CT molecular complexity index is 959. The lowest BCUT2D eigenvalue weighted by Gasteiger charge is -2.08. The van der Waals surface area contributed by atoms with Crippen molar-refractivity contribution in [3.8, 4) is 11.5 Å². The highest BCUT2D eigenvalue weighted by Crippen LogP contribution is 2.26. The second-order valence-electron chi connectivity index (χ2n) is 5.55. The van der Waals surface area contributed by atoms with Crippen LogP contribution in [0.15, 0.2) is 65.8 Å². The van der Waals surface area contributed by atoms with Crippen molar-refractivity contribution in [3.63, 3.8) is 0 Å². The van der Waals surface area contributed by atoms with Crippen LogP contribution in [0.25, 0.3) is 10.8 Å². The van der Waals surface area contributed by atoms with E-state index in [1.807, 2.05) is 36.4 Å². The number of carbonyl (C=O) groups excluding carboxylic acids is 1. The largest absolute Gasteiger partial charge is 0.504 e. The molecule has 126 valence electrons. The van der Waals surface area contributed by atoms with E-state index in [1.165, 1.54) is 13.2 Å². The van der Waals surface area contributed by atoms with Gasteiger partial charge in [-0.25, -0.2) is 5.43 Å². The van der Waals surface area contributed by atoms with E-state index in [0.717, 1.165) is 16.3 Å². The Morgan fingerprint density at radius 2 is 1.84 bits per heavy atom. The Labute approximate surface area is 145 Å². The number of nitrogens with zero attached hydrogens (tertiary/aromatic N) is 1. The summed E-state index contributed by atoms with van der Waals surface area (Å²) in [6, 6.07) is 18.2. The van der Waals surface area contributed by atoms with Crippen LogP contribution < -0.4 is 10.2 Å². The minimum absolute atomic E-state index is 0.0545. The fraction of sp³-hybridized carbons (Fsp3) is 0.100. The summed E-state index contributed by atoms with van der Waals surface area (Å²) in [4.78, 5) is 12.5. The first-order valence-corrected chi connectivity index (χ1v) is 7.80. The summed E-state index contributed by atoms with van der Waals surface area (Å²) in [5, 5.41) is 15.7. The third-order valence-electron chi connectivity index (χ3n) is 3.96. The summed E-state index contributed by atoms with van der Waals surface area (Å²) in [5.41, 5.74) is 4.50. The van der Waals surface area contributed by atoms with Crippen LogP contribution in [0.2, 0.25) is 0 Å². The number of hydrazone groups is 1. The quantitative estimate of drug-likeness (QED) is 0.564. The molecule has 3 aromatic carbocycles. The summed E-state index contributed by atoms with van der Waals surface area (Å²) in [6.07, 6.45) is 0. The molecule has 0 bridgehead atoms. The normalized spacial score (nSPS) is 11.4. The number of benzene rings is 3. The Morgan fingerprint density at radius 1 is 1.08 bits per heavy atom. The highest BCUT2D eigenvalue weighted by atomic mass is 16.5. The SMILES string of the molecule is COc1cc(C(C)=NNC(=O)c2cccc3ccccc23)ccc1O. The molecule has 3 aromatic rings. The number of fused-ring (bicyclic) bond motifs is 1. The van der Waals surface area contributed by atoms with Gasteiger partial charge in [-0.15, -0.1) is 0 Å². The van der Waals surface area contributed by atoms with Gasteiger partial charge in [0.15, 0.2) is 11.5 Å². The Kier molecular flexibility index (Phi) is 4.66. The Morgan fingerprint density at radius 3 is 2.64 bits per heavy atom. The first-order chi connectivity index (χ1) is 12.1. The van der Waals surface area contributed by atoms with Crippen LogP contribution >= 0.6 is 0 Å². The van der Waals surface area contributed by atoms with Crippen molar-refractivity contribution in [1.82, 2.24) is 5.43 Å². The number of phenols is 1. The number of hydrogen-bond donors (Lipinski definition) is 2. The molecule has 0 saturated heterocycles. The fourth-order valence-corrected chi connectivity index (χ4v) is 2.59. The van der Waals surface area contributed by atoms with Gasteiger partial charge in [-0.3, -0.25) is 4.79 Å². The number of rotatable bonds is 4. The highest BCUT2D eigenvalue weighted by molar-refractivity contribution is 6.08. The predicted molar refractivity (Wildman–Crippen MR) is 98.3 cm³/mol. The average Bonchev–Trinajstić information content (AvgIpc) is 2.65. The summed E-state index contributed by atoms with van der Waals surface area (Å²) in [7, 11) is 1.48. The van der Waals surface area contributed by atoms with E-state index in [2.05, 4.69) is 10.5 Å². The maximum absolute atomic E-state index is 12.5. The minimum Gasteiger partial charge on any atom is -0.504 e. The molecule has 0 aliphatic heterocycles. The zero-order chi connectivity index (χ0) is 17.8. The molecule has 0 spiro atoms. The van der Waals surface area contributed by atoms with Gasteiger partial charge in [0.25, 0.3) is 5.91 Å². The lowest BCUT2D eigenvalue weighted by molar-refractivity contribution is 0.0956. The van der Waals surface area contributed by atoms with E-state index in [-0.39, 0.29) is 11.7 Å². The second kappa shape index (κ2) is 7.05. The molecule has 0 radical (unpaired) electrons. The van der Waals surface area contributed by atoms with Crippen LogP contribution in [-0.2, 0) is 0 Å². The number of methoxy groups -OCH3 is 1. The van der Waals surface area contributed by atoms with Crippen LogP contribution in [0.1, 0.15) is 22.8 Å². The zero-order valence-electron chi connectivity index (χ0n) is 14.0. The molecule has 0 aliphatic rings. The molecule has 1 amide bonds. The molecule has 0 aromatic heterocycles. The van der Waals surface area contributed by atoms with Gasteiger partial charge >= 0.3 is 0 Å². The van der Waals surface area contributed by atoms with Crippen LogP contribution in [0, 0.1) is 0 Å². The van der Waals surface area contributed by atoms with Crippen molar-refractivity contribution in [3.05, 3.63) is 71.8 Å². The highest BCUT2D eigenvalue weighted by Gasteiger charge is 2.10. The first kappa shape index (κ1) is 16.5. The van der Waals surface area contributed by atoms with E-state index in [1.54, 1.807) is 25.1 Å². The molecule has 25 heavy (non-hydrogen) atoms. The maximum Gasteiger partial charge on any atom is 0.272 e. The van der Waals surface area contributed by atoms with Gasteiger partial charge in [0, 0.05) is 11.1 Å². The molecule has 0 unspecified atom stereocenters. The van der Waals surface area contributed by atoms with Crippen LogP contribution in [0.5, 0.6) is 11.5 Å². The molecule has 5 heteroatoms. The van der Waals surface area contributed by atoms with Crippen LogP contribution in [-0.4, -0.2) is 23.8 Å². The number of nitrogens with one attached hydrogen (secondary N) is 1. The number of hydrogen-bond acceptors (Lipinski definition) is 4. The zero-order valence-corrected chi connectivity index (χ0v) is 14.0. The van der Waals surface area contributed by atoms with Gasteiger partial charge in [0.05, 0.1) is 12.8 Å². The van der Waals surface area contributed by atoms with Crippen molar-refractivity contribution < 1.29 is 14.6 Å². The van der Waals surface area contributed by atoms with Gasteiger partial charge in [-0.2, -0.15) is 5.10 Å². The lowest BCUT2D eigenvalue weighted by atomic mass is 10.0. The van der Waals surface area contributed by atoms with Crippen molar-refractivity contribution in [2.24, 2.45) is 5.10 Å². The number of aromatic hydroxyl groups is 1. The smallest absolute Gasteiger partial charge is 0.272 e. The predicted octanol–water partition coefficient (Wildman–Crippen LogP) is 3.71. The van der Waals surface area contributed by atoms with Crippen molar-refractivity contribution in [2.45, 2.75) is 6.92 Å². The van der Waals surface area contributed by atoms with Crippen molar-refractivity contribution >= 4 is 22.4 Å². The monoisotopic (exact) mass is 334 g/mol.